The zero-order valence-corrected chi connectivity index (χ0v) is 19.7. The molecule has 0 aliphatic carbocycles. The van der Waals surface area contributed by atoms with Gasteiger partial charge in [-0.3, -0.25) is 24.9 Å². The molecule has 0 aliphatic heterocycles. The Kier molecular flexibility index (Phi) is 6.80. The summed E-state index contributed by atoms with van der Waals surface area (Å²) in [7, 11) is -4.23. The normalized spacial score (nSPS) is 11.1. The Labute approximate surface area is 207 Å². The molecule has 1 heterocycles. The first-order valence-corrected chi connectivity index (χ1v) is 12.4. The highest BCUT2D eigenvalue weighted by molar-refractivity contribution is 7.92. The molecule has 3 aromatic carbocycles. The first kappa shape index (κ1) is 24.6. The molecule has 0 radical (unpaired) electrons. The molecule has 14 heteroatoms. The van der Waals surface area contributed by atoms with Crippen molar-refractivity contribution < 1.29 is 32.8 Å². The van der Waals surface area contributed by atoms with Gasteiger partial charge in [0.25, 0.3) is 21.6 Å². The van der Waals surface area contributed by atoms with Gasteiger partial charge in [-0.1, -0.05) is 23.5 Å². The topological polar surface area (TPSA) is 178 Å². The second-order valence-corrected chi connectivity index (χ2v) is 9.91. The molecule has 0 fully saturated rings. The number of ether oxygens (including phenoxy) is 1. The molecule has 0 atom stereocenters. The predicted molar refractivity (Wildman–Crippen MR) is 131 cm³/mol. The average molecular weight is 529 g/mol. The molecule has 4 rings (SSSR count). The van der Waals surface area contributed by atoms with Crippen molar-refractivity contribution in [3.8, 4) is 5.75 Å². The molecule has 0 aliphatic rings. The molecule has 0 saturated carbocycles. The number of thiazole rings is 1. The minimum atomic E-state index is -4.23. The third-order valence-electron chi connectivity index (χ3n) is 4.70. The molecule has 0 bridgehead atoms. The zero-order chi connectivity index (χ0) is 25.9. The van der Waals surface area contributed by atoms with Gasteiger partial charge >= 0.3 is 5.97 Å². The van der Waals surface area contributed by atoms with Crippen LogP contribution < -0.4 is 10.0 Å². The molecule has 36 heavy (non-hydrogen) atoms. The van der Waals surface area contributed by atoms with Crippen molar-refractivity contribution in [3.63, 3.8) is 0 Å². The SMILES string of the molecule is O=C(COC(=O)c1cc(S(=O)(=O)Nc2ccc([N+](=O)[O-])cc2)ccc1O)Nc1nc2ccccc2s1. The van der Waals surface area contributed by atoms with Crippen LogP contribution in [0.2, 0.25) is 0 Å². The van der Waals surface area contributed by atoms with Gasteiger partial charge in [0.15, 0.2) is 11.7 Å². The van der Waals surface area contributed by atoms with E-state index >= 15 is 0 Å². The number of nitro groups is 1. The van der Waals surface area contributed by atoms with Crippen molar-refractivity contribution in [2.24, 2.45) is 0 Å². The van der Waals surface area contributed by atoms with Crippen LogP contribution in [0.1, 0.15) is 10.4 Å². The van der Waals surface area contributed by atoms with E-state index in [0.717, 1.165) is 35.0 Å². The summed E-state index contributed by atoms with van der Waals surface area (Å²) in [6.07, 6.45) is 0. The molecule has 1 amide bonds. The number of hydrogen-bond donors (Lipinski definition) is 3. The number of aromatic nitrogens is 1. The number of anilines is 2. The van der Waals surface area contributed by atoms with Crippen LogP contribution in [0, 0.1) is 10.1 Å². The van der Waals surface area contributed by atoms with Crippen LogP contribution in [0.3, 0.4) is 0 Å². The van der Waals surface area contributed by atoms with E-state index in [4.69, 9.17) is 4.74 Å². The van der Waals surface area contributed by atoms with E-state index in [0.29, 0.717) is 10.6 Å². The Morgan fingerprint density at radius 3 is 2.50 bits per heavy atom. The van der Waals surface area contributed by atoms with Crippen LogP contribution >= 0.6 is 11.3 Å². The molecule has 1 aromatic heterocycles. The van der Waals surface area contributed by atoms with E-state index < -0.39 is 44.7 Å². The lowest BCUT2D eigenvalue weighted by Gasteiger charge is -2.11. The maximum Gasteiger partial charge on any atom is 0.342 e. The quantitative estimate of drug-likeness (QED) is 0.175. The molecule has 0 saturated heterocycles. The number of non-ortho nitro benzene ring substituents is 1. The highest BCUT2D eigenvalue weighted by Crippen LogP contribution is 2.26. The fourth-order valence-corrected chi connectivity index (χ4v) is 4.97. The number of aromatic hydroxyl groups is 1. The molecule has 0 unspecified atom stereocenters. The third-order valence-corrected chi connectivity index (χ3v) is 7.03. The van der Waals surface area contributed by atoms with Gasteiger partial charge in [0.05, 0.1) is 20.0 Å². The van der Waals surface area contributed by atoms with Gasteiger partial charge < -0.3 is 9.84 Å². The fourth-order valence-electron chi connectivity index (χ4n) is 3.00. The summed E-state index contributed by atoms with van der Waals surface area (Å²) in [5, 5.41) is 23.6. The van der Waals surface area contributed by atoms with Crippen molar-refractivity contribution in [2.75, 3.05) is 16.6 Å². The van der Waals surface area contributed by atoms with Gasteiger partial charge in [-0.2, -0.15) is 0 Å². The summed E-state index contributed by atoms with van der Waals surface area (Å²) in [6, 6.07) is 14.8. The second-order valence-electron chi connectivity index (χ2n) is 7.20. The highest BCUT2D eigenvalue weighted by Gasteiger charge is 2.21. The van der Waals surface area contributed by atoms with E-state index in [1.807, 2.05) is 12.1 Å². The number of carbonyl (C=O) groups is 2. The summed E-state index contributed by atoms with van der Waals surface area (Å²) in [5.41, 5.74) is 0.0403. The van der Waals surface area contributed by atoms with Crippen LogP contribution in [0.15, 0.2) is 71.6 Å². The molecular weight excluding hydrogens is 512 g/mol. The number of para-hydroxylation sites is 1. The molecule has 0 spiro atoms. The van der Waals surface area contributed by atoms with E-state index in [9.17, 15) is 33.2 Å². The number of phenols is 1. The average Bonchev–Trinajstić information content (AvgIpc) is 3.25. The van der Waals surface area contributed by atoms with Gasteiger partial charge in [-0.05, 0) is 42.5 Å². The Balaban J connectivity index is 1.42. The Morgan fingerprint density at radius 2 is 1.81 bits per heavy atom. The van der Waals surface area contributed by atoms with Crippen molar-refractivity contribution in [3.05, 3.63) is 82.4 Å². The number of amides is 1. The lowest BCUT2D eigenvalue weighted by molar-refractivity contribution is -0.384. The number of carbonyl (C=O) groups excluding carboxylic acids is 2. The molecular formula is C22H16N4O8S2. The van der Waals surface area contributed by atoms with Crippen LogP contribution in [-0.4, -0.2) is 41.9 Å². The number of nitrogens with one attached hydrogen (secondary N) is 2. The Morgan fingerprint density at radius 1 is 1.08 bits per heavy atom. The third kappa shape index (κ3) is 5.56. The minimum Gasteiger partial charge on any atom is -0.507 e. The number of phenolic OH excluding ortho intramolecular Hbond substituents is 1. The first-order valence-electron chi connectivity index (χ1n) is 10.1. The predicted octanol–water partition coefficient (Wildman–Crippen LogP) is 3.51. The maximum atomic E-state index is 12.7. The summed E-state index contributed by atoms with van der Waals surface area (Å²) < 4.78 is 33.4. The van der Waals surface area contributed by atoms with Crippen molar-refractivity contribution in [2.45, 2.75) is 4.90 Å². The van der Waals surface area contributed by atoms with Gasteiger partial charge in [0.1, 0.15) is 11.3 Å². The summed E-state index contributed by atoms with van der Waals surface area (Å²) in [6.45, 7) is -0.702. The standard InChI is InChI=1S/C22H16N4O8S2/c27-18-10-9-15(36(32,33)25-13-5-7-14(8-6-13)26(30)31)11-16(18)21(29)34-12-20(28)24-22-23-17-3-1-2-4-19(17)35-22/h1-11,25,27H,12H2,(H,23,24,28). The lowest BCUT2D eigenvalue weighted by Crippen LogP contribution is -2.21. The number of esters is 1. The second kappa shape index (κ2) is 9.97. The minimum absolute atomic E-state index is 0.0457. The number of hydrogen-bond acceptors (Lipinski definition) is 10. The molecule has 4 aromatic rings. The van der Waals surface area contributed by atoms with Gasteiger partial charge in [-0.15, -0.1) is 0 Å². The van der Waals surface area contributed by atoms with Crippen molar-refractivity contribution >= 4 is 60.0 Å². The zero-order valence-electron chi connectivity index (χ0n) is 18.1. The maximum absolute atomic E-state index is 12.7. The smallest absolute Gasteiger partial charge is 0.342 e. The van der Waals surface area contributed by atoms with Crippen molar-refractivity contribution in [1.29, 1.82) is 0 Å². The number of benzene rings is 3. The number of rotatable bonds is 8. The monoisotopic (exact) mass is 528 g/mol. The summed E-state index contributed by atoms with van der Waals surface area (Å²) in [5.74, 6) is -2.36. The highest BCUT2D eigenvalue weighted by atomic mass is 32.2. The van der Waals surface area contributed by atoms with Crippen LogP contribution in [0.4, 0.5) is 16.5 Å². The molecule has 12 nitrogen and oxygen atoms in total. The van der Waals surface area contributed by atoms with Crippen molar-refractivity contribution in [1.82, 2.24) is 4.98 Å². The van der Waals surface area contributed by atoms with Crippen LogP contribution in [-0.2, 0) is 19.6 Å². The molecule has 3 N–H and O–H groups in total. The number of nitro benzene ring substituents is 1. The van der Waals surface area contributed by atoms with Gasteiger partial charge in [0, 0.05) is 17.8 Å². The molecule has 184 valence electrons. The Bertz CT molecular complexity index is 1550. The number of sulfonamides is 1. The van der Waals surface area contributed by atoms with E-state index in [1.54, 1.807) is 12.1 Å². The summed E-state index contributed by atoms with van der Waals surface area (Å²) in [4.78, 5) is 38.6. The van der Waals surface area contributed by atoms with E-state index in [1.165, 1.54) is 23.5 Å². The van der Waals surface area contributed by atoms with E-state index in [2.05, 4.69) is 15.0 Å². The fraction of sp³-hybridized carbons (Fsp3) is 0.0455. The van der Waals surface area contributed by atoms with Gasteiger partial charge in [0.2, 0.25) is 0 Å². The Hall–Kier alpha value is -4.56. The largest absolute Gasteiger partial charge is 0.507 e. The van der Waals surface area contributed by atoms with E-state index in [-0.39, 0.29) is 16.3 Å². The van der Waals surface area contributed by atoms with Gasteiger partial charge in [-0.25, -0.2) is 18.2 Å². The van der Waals surface area contributed by atoms with Crippen LogP contribution in [0.25, 0.3) is 10.2 Å². The van der Waals surface area contributed by atoms with Crippen LogP contribution in [0.5, 0.6) is 5.75 Å². The number of fused-ring (bicyclic) bond motifs is 1. The summed E-state index contributed by atoms with van der Waals surface area (Å²) >= 11 is 1.24. The number of nitrogens with zero attached hydrogens (tertiary/aromatic N) is 2. The first-order chi connectivity index (χ1) is 17.1. The lowest BCUT2D eigenvalue weighted by atomic mass is 10.2.